The number of carboxylic acids is 1. The van der Waals surface area contributed by atoms with Crippen LogP contribution in [0.15, 0.2) is 17.0 Å². The van der Waals surface area contributed by atoms with Gasteiger partial charge in [-0.15, -0.1) is 0 Å². The Hall–Kier alpha value is 0.800. The van der Waals surface area contributed by atoms with Gasteiger partial charge in [-0.1, -0.05) is 0 Å². The van der Waals surface area contributed by atoms with Crippen LogP contribution in [0.25, 0.3) is 0 Å². The number of aromatic carboxylic acids is 1. The van der Waals surface area contributed by atoms with Gasteiger partial charge >= 0.3 is 59.1 Å². The summed E-state index contributed by atoms with van der Waals surface area (Å²) >= 11 is -2.39. The van der Waals surface area contributed by atoms with Crippen molar-refractivity contribution in [3.05, 3.63) is 28.8 Å². The van der Waals surface area contributed by atoms with Crippen LogP contribution < -0.4 is 64.2 Å². The van der Waals surface area contributed by atoms with E-state index in [0.717, 1.165) is 30.4 Å². The number of hydrogen-bond donors (Lipinski definition) is 0. The molecule has 0 aromatic heterocycles. The molecule has 86 valence electrons. The van der Waals surface area contributed by atoms with Crippen LogP contribution in [0.5, 0.6) is 0 Å². The number of carbonyl (C=O) groups excluding carboxylic acids is 1. The molecule has 0 bridgehead atoms. The van der Waals surface area contributed by atoms with E-state index in [-0.39, 0.29) is 69.6 Å². The first-order valence-electron chi connectivity index (χ1n) is 5.06. The maximum Gasteiger partial charge on any atom is 1.00 e. The molecule has 1 unspecified atom stereocenters. The number of hydrogen-bond acceptors (Lipinski definition) is 4. The van der Waals surface area contributed by atoms with E-state index in [1.807, 2.05) is 0 Å². The normalized spacial score (nSPS) is 14.7. The van der Waals surface area contributed by atoms with E-state index in [1.54, 1.807) is 0 Å². The fourth-order valence-corrected chi connectivity index (χ4v) is 2.75. The van der Waals surface area contributed by atoms with E-state index in [4.69, 9.17) is 0 Å². The van der Waals surface area contributed by atoms with Crippen LogP contribution in [0.4, 0.5) is 0 Å². The van der Waals surface area contributed by atoms with E-state index < -0.39 is 17.0 Å². The minimum absolute atomic E-state index is 0. The fourth-order valence-electron chi connectivity index (χ4n) is 2.09. The van der Waals surface area contributed by atoms with Gasteiger partial charge in [-0.05, 0) is 65.6 Å². The number of benzene rings is 1. The van der Waals surface area contributed by atoms with Crippen molar-refractivity contribution >= 4 is 17.0 Å². The summed E-state index contributed by atoms with van der Waals surface area (Å²) in [5.74, 6) is -1.33. The van der Waals surface area contributed by atoms with Gasteiger partial charge in [0.15, 0.2) is 0 Å². The third kappa shape index (κ3) is 4.15. The standard InChI is InChI=1S/C11H12O4S.2Na/c12-11(13)8-5-7-3-1-2-4-9(7)10(6-8)16(14)15;;/h5-6H,1-4H2,(H,12,13)(H,14,15);;/q;2*+1/p-2. The second-order valence-corrected chi connectivity index (χ2v) is 4.75. The molecule has 2 rings (SSSR count). The van der Waals surface area contributed by atoms with Crippen molar-refractivity contribution in [2.45, 2.75) is 30.6 Å². The number of carbonyl (C=O) groups is 1. The van der Waals surface area contributed by atoms with Crippen molar-refractivity contribution in [3.63, 3.8) is 0 Å². The monoisotopic (exact) mass is 284 g/mol. The van der Waals surface area contributed by atoms with Crippen LogP contribution in [0.1, 0.15) is 34.3 Å². The molecule has 0 amide bonds. The van der Waals surface area contributed by atoms with E-state index in [0.29, 0.717) is 6.42 Å². The average Bonchev–Trinajstić information content (AvgIpc) is 2.27. The first-order chi connectivity index (χ1) is 7.59. The Morgan fingerprint density at radius 3 is 2.33 bits per heavy atom. The molecule has 1 aromatic carbocycles. The molecule has 1 atom stereocenters. The maximum atomic E-state index is 11.0. The van der Waals surface area contributed by atoms with Gasteiger partial charge in [0.2, 0.25) is 0 Å². The Morgan fingerprint density at radius 2 is 1.78 bits per heavy atom. The molecule has 4 nitrogen and oxygen atoms in total. The molecule has 1 aliphatic rings. The van der Waals surface area contributed by atoms with Crippen molar-refractivity contribution in [1.82, 2.24) is 0 Å². The molecule has 0 aliphatic heterocycles. The minimum Gasteiger partial charge on any atom is -0.768 e. The minimum atomic E-state index is -2.39. The molecule has 0 N–H and O–H groups in total. The largest absolute Gasteiger partial charge is 1.00 e. The van der Waals surface area contributed by atoms with Gasteiger partial charge in [-0.25, -0.2) is 0 Å². The number of aryl methyl sites for hydroxylation is 1. The number of fused-ring (bicyclic) bond motifs is 1. The number of carboxylic acid groups (broad SMARTS) is 1. The summed E-state index contributed by atoms with van der Waals surface area (Å²) in [5, 5.41) is 10.7. The molecule has 0 spiro atoms. The zero-order valence-corrected chi connectivity index (χ0v) is 15.3. The van der Waals surface area contributed by atoms with Crippen LogP contribution in [0, 0.1) is 0 Å². The molecule has 1 aliphatic carbocycles. The average molecular weight is 284 g/mol. The van der Waals surface area contributed by atoms with Crippen LogP contribution in [-0.2, 0) is 23.9 Å². The van der Waals surface area contributed by atoms with E-state index >= 15 is 0 Å². The molecule has 7 heteroatoms. The second-order valence-electron chi connectivity index (χ2n) is 3.84. The summed E-state index contributed by atoms with van der Waals surface area (Å²) in [4.78, 5) is 10.9. The molecule has 18 heavy (non-hydrogen) atoms. The van der Waals surface area contributed by atoms with Gasteiger partial charge in [0.25, 0.3) is 0 Å². The molecule has 0 saturated heterocycles. The topological polar surface area (TPSA) is 80.3 Å². The molecule has 1 aromatic rings. The third-order valence-electron chi connectivity index (χ3n) is 2.84. The summed E-state index contributed by atoms with van der Waals surface area (Å²) in [6.07, 6.45) is 3.35. The molecular formula is C11H10Na2O4S. The van der Waals surface area contributed by atoms with Crippen LogP contribution >= 0.6 is 0 Å². The Balaban J connectivity index is 0.00000144. The van der Waals surface area contributed by atoms with Gasteiger partial charge in [0.1, 0.15) is 0 Å². The Morgan fingerprint density at radius 1 is 1.17 bits per heavy atom. The predicted molar refractivity (Wildman–Crippen MR) is 54.6 cm³/mol. The number of rotatable bonds is 2. The van der Waals surface area contributed by atoms with Gasteiger partial charge in [-0.2, -0.15) is 0 Å². The van der Waals surface area contributed by atoms with Gasteiger partial charge in [0, 0.05) is 4.90 Å². The summed E-state index contributed by atoms with van der Waals surface area (Å²) in [6.45, 7) is 0. The zero-order chi connectivity index (χ0) is 11.7. The van der Waals surface area contributed by atoms with Crippen molar-refractivity contribution in [1.29, 1.82) is 0 Å². The molecule has 0 saturated carbocycles. The van der Waals surface area contributed by atoms with Gasteiger partial charge in [0.05, 0.1) is 5.97 Å². The van der Waals surface area contributed by atoms with Crippen molar-refractivity contribution in [3.8, 4) is 0 Å². The molecule has 0 fully saturated rings. The first-order valence-corrected chi connectivity index (χ1v) is 6.13. The van der Waals surface area contributed by atoms with Gasteiger partial charge in [-0.3, -0.25) is 4.21 Å². The molecular weight excluding hydrogens is 274 g/mol. The molecule has 0 radical (unpaired) electrons. The van der Waals surface area contributed by atoms with Crippen LogP contribution in [0.3, 0.4) is 0 Å². The van der Waals surface area contributed by atoms with E-state index in [1.165, 1.54) is 12.1 Å². The first kappa shape index (κ1) is 18.8. The van der Waals surface area contributed by atoms with Crippen molar-refractivity contribution < 1.29 is 77.8 Å². The maximum absolute atomic E-state index is 11.0. The summed E-state index contributed by atoms with van der Waals surface area (Å²) in [6, 6.07) is 2.71. The third-order valence-corrected chi connectivity index (χ3v) is 3.56. The molecule has 0 heterocycles. The summed E-state index contributed by atoms with van der Waals surface area (Å²) in [7, 11) is 0. The van der Waals surface area contributed by atoms with E-state index in [9.17, 15) is 18.7 Å². The second kappa shape index (κ2) is 8.17. The van der Waals surface area contributed by atoms with Crippen molar-refractivity contribution in [2.75, 3.05) is 0 Å². The quantitative estimate of drug-likeness (QED) is 0.400. The van der Waals surface area contributed by atoms with Gasteiger partial charge < -0.3 is 14.5 Å². The van der Waals surface area contributed by atoms with E-state index in [2.05, 4.69) is 0 Å². The van der Waals surface area contributed by atoms with Crippen LogP contribution in [0.2, 0.25) is 0 Å². The van der Waals surface area contributed by atoms with Crippen molar-refractivity contribution in [2.24, 2.45) is 0 Å². The smallest absolute Gasteiger partial charge is 0.768 e. The summed E-state index contributed by atoms with van der Waals surface area (Å²) in [5.41, 5.74) is 1.54. The Kier molecular flexibility index (Phi) is 8.53. The predicted octanol–water partition coefficient (Wildman–Crippen LogP) is -5.83. The Labute approximate surface area is 152 Å². The van der Waals surface area contributed by atoms with Crippen LogP contribution in [-0.4, -0.2) is 14.7 Å². The Bertz CT molecular complexity index is 476. The zero-order valence-electron chi connectivity index (χ0n) is 10.5. The summed E-state index contributed by atoms with van der Waals surface area (Å²) < 4.78 is 22.1. The SMILES string of the molecule is O=C([O-])c1cc2c(c(S(=O)[O-])c1)CCCC2.[Na+].[Na+]. The fraction of sp³-hybridized carbons (Fsp3) is 0.364.